The predicted octanol–water partition coefficient (Wildman–Crippen LogP) is 11.1. The smallest absolute Gasteiger partial charge is 0.303 e. The van der Waals surface area contributed by atoms with Crippen LogP contribution in [0.25, 0.3) is 90.9 Å². The summed E-state index contributed by atoms with van der Waals surface area (Å²) in [4.78, 5) is 28.9. The fourth-order valence-corrected chi connectivity index (χ4v) is 7.71. The van der Waals surface area contributed by atoms with Gasteiger partial charge >= 0.3 is 5.97 Å². The minimum Gasteiger partial charge on any atom is -0.508 e. The number of fused-ring (bicyclic) bond motifs is 8. The summed E-state index contributed by atoms with van der Waals surface area (Å²) in [5.74, 6) is 0.164. The number of aromatic hydroxyl groups is 3. The molecule has 7 aromatic rings. The molecule has 0 saturated carbocycles. The Morgan fingerprint density at radius 3 is 1.24 bits per heavy atom. The number of rotatable bonds is 10. The van der Waals surface area contributed by atoms with Crippen molar-refractivity contribution in [2.45, 2.75) is 19.3 Å². The number of hydrogen-bond donors (Lipinski definition) is 6. The summed E-state index contributed by atoms with van der Waals surface area (Å²) in [5, 5.41) is 41.0. The number of nitrogens with zero attached hydrogens (tertiary/aromatic N) is 2. The first kappa shape index (κ1) is 36.8. The third kappa shape index (κ3) is 7.54. The van der Waals surface area contributed by atoms with E-state index in [0.29, 0.717) is 48.0 Å². The molecule has 0 atom stereocenters. The Bertz CT molecular complexity index is 2970. The van der Waals surface area contributed by atoms with Gasteiger partial charge in [0.25, 0.3) is 0 Å². The molecule has 290 valence electrons. The first-order chi connectivity index (χ1) is 28.8. The van der Waals surface area contributed by atoms with Crippen LogP contribution in [0.2, 0.25) is 0 Å². The maximum Gasteiger partial charge on any atom is 0.303 e. The van der Waals surface area contributed by atoms with Crippen molar-refractivity contribution in [2.75, 3.05) is 6.61 Å². The highest BCUT2D eigenvalue weighted by Crippen LogP contribution is 2.40. The van der Waals surface area contributed by atoms with Crippen molar-refractivity contribution in [3.05, 3.63) is 144 Å². The molecule has 0 spiro atoms. The molecule has 0 unspecified atom stereocenters. The number of phenols is 3. The molecule has 5 heterocycles. The second-order valence-corrected chi connectivity index (χ2v) is 14.4. The normalized spacial score (nSPS) is 11.9. The lowest BCUT2D eigenvalue weighted by Crippen LogP contribution is -2.00. The summed E-state index contributed by atoms with van der Waals surface area (Å²) in [5.41, 5.74) is 11.9. The van der Waals surface area contributed by atoms with Crippen LogP contribution < -0.4 is 4.74 Å². The van der Waals surface area contributed by atoms with Crippen LogP contribution >= 0.6 is 0 Å². The zero-order valence-electron chi connectivity index (χ0n) is 31.7. The number of aliphatic carboxylic acids is 1. The molecule has 0 aliphatic carbocycles. The monoisotopic (exact) mass is 778 g/mol. The molecule has 0 radical (unpaired) electrons. The number of hydrogen-bond acceptors (Lipinski definition) is 7. The van der Waals surface area contributed by atoms with Crippen LogP contribution in [0, 0.1) is 0 Å². The van der Waals surface area contributed by atoms with Gasteiger partial charge in [0, 0.05) is 50.7 Å². The second-order valence-electron chi connectivity index (χ2n) is 14.4. The summed E-state index contributed by atoms with van der Waals surface area (Å²) in [7, 11) is 0. The van der Waals surface area contributed by atoms with Gasteiger partial charge in [-0.2, -0.15) is 0 Å². The van der Waals surface area contributed by atoms with E-state index in [9.17, 15) is 20.1 Å². The summed E-state index contributed by atoms with van der Waals surface area (Å²) < 4.78 is 6.12. The lowest BCUT2D eigenvalue weighted by atomic mass is 10.0. The van der Waals surface area contributed by atoms with Crippen LogP contribution in [0.4, 0.5) is 0 Å². The minimum absolute atomic E-state index is 0.0903. The summed E-state index contributed by atoms with van der Waals surface area (Å²) in [6.45, 7) is 0.374. The molecule has 0 saturated heterocycles. The van der Waals surface area contributed by atoms with Gasteiger partial charge in [-0.3, -0.25) is 4.79 Å². The van der Waals surface area contributed by atoms with Gasteiger partial charge in [0.05, 0.1) is 29.4 Å². The first-order valence-corrected chi connectivity index (χ1v) is 19.3. The molecule has 2 aliphatic rings. The van der Waals surface area contributed by atoms with E-state index in [2.05, 4.69) is 9.97 Å². The van der Waals surface area contributed by atoms with Gasteiger partial charge in [-0.15, -0.1) is 0 Å². The molecular weight excluding hydrogens is 741 g/mol. The number of unbranched alkanes of at least 4 members (excludes halogenated alkanes) is 1. The number of aromatic amines is 2. The van der Waals surface area contributed by atoms with Gasteiger partial charge in [-0.1, -0.05) is 48.5 Å². The Morgan fingerprint density at radius 1 is 0.492 bits per heavy atom. The van der Waals surface area contributed by atoms with Crippen molar-refractivity contribution in [1.82, 2.24) is 19.9 Å². The van der Waals surface area contributed by atoms with E-state index in [4.69, 9.17) is 19.8 Å². The van der Waals surface area contributed by atoms with Crippen LogP contribution in [0.3, 0.4) is 0 Å². The van der Waals surface area contributed by atoms with Gasteiger partial charge in [0.1, 0.15) is 23.0 Å². The van der Waals surface area contributed by atoms with E-state index >= 15 is 0 Å². The molecule has 0 fully saturated rings. The van der Waals surface area contributed by atoms with Gasteiger partial charge in [-0.05, 0) is 132 Å². The minimum atomic E-state index is -0.827. The maximum atomic E-state index is 11.0. The highest BCUT2D eigenvalue weighted by molar-refractivity contribution is 6.00. The van der Waals surface area contributed by atoms with E-state index < -0.39 is 5.97 Å². The van der Waals surface area contributed by atoms with Crippen LogP contribution in [0.15, 0.2) is 121 Å². The Labute approximate surface area is 338 Å². The topological polar surface area (TPSA) is 165 Å². The van der Waals surface area contributed by atoms with E-state index in [1.807, 2.05) is 91.0 Å². The molecule has 6 N–H and O–H groups in total. The number of phenolic OH excluding ortho intramolecular Hbond substituents is 3. The molecule has 10 nitrogen and oxygen atoms in total. The Kier molecular flexibility index (Phi) is 9.72. The lowest BCUT2D eigenvalue weighted by molar-refractivity contribution is -0.137. The third-order valence-electron chi connectivity index (χ3n) is 10.3. The van der Waals surface area contributed by atoms with Gasteiger partial charge in [0.2, 0.25) is 0 Å². The van der Waals surface area contributed by atoms with Crippen molar-refractivity contribution in [3.8, 4) is 67.5 Å². The SMILES string of the molecule is O=C(O)CCCCOc1cccc(-c2c3nc(c(-c4cccc(O)c4)c4ccc([nH]4)c(-c4cccc(O)c4)c4nc(c(-c5cccc(O)c5)c5ccc2[nH]5)C=C4)C=C3)c1. The van der Waals surface area contributed by atoms with Crippen LogP contribution in [0.5, 0.6) is 23.0 Å². The highest BCUT2D eigenvalue weighted by atomic mass is 16.5. The number of carbonyl (C=O) groups is 1. The van der Waals surface area contributed by atoms with E-state index in [1.54, 1.807) is 54.6 Å². The Hall–Kier alpha value is -7.85. The number of carboxylic acid groups (broad SMARTS) is 1. The van der Waals surface area contributed by atoms with Crippen molar-refractivity contribution >= 4 is 52.3 Å². The predicted molar refractivity (Wildman–Crippen MR) is 233 cm³/mol. The van der Waals surface area contributed by atoms with Crippen molar-refractivity contribution < 1.29 is 30.0 Å². The standard InChI is InChI=1S/C49H38N4O6/c54-33-11-3-7-29(25-33)46-37-16-18-39(50-37)47(30-8-4-12-34(55)26-30)41-20-22-43(52-41)49(32-10-6-14-36(28-32)59-24-2-1-15-45(57)58)44-23-21-42(53-44)48(40-19-17-38(46)51-40)31-9-5-13-35(56)27-31/h3-14,16-23,25-28,50,53-56H,1-2,15,24H2,(H,57,58). The van der Waals surface area contributed by atoms with Crippen LogP contribution in [-0.4, -0.2) is 52.9 Å². The quantitative estimate of drug-likeness (QED) is 0.0747. The van der Waals surface area contributed by atoms with Crippen molar-refractivity contribution in [3.63, 3.8) is 0 Å². The highest BCUT2D eigenvalue weighted by Gasteiger charge is 2.20. The number of nitrogens with one attached hydrogen (secondary N) is 2. The van der Waals surface area contributed by atoms with E-state index in [1.165, 1.54) is 0 Å². The largest absolute Gasteiger partial charge is 0.508 e. The first-order valence-electron chi connectivity index (χ1n) is 19.3. The van der Waals surface area contributed by atoms with Gasteiger partial charge in [0.15, 0.2) is 0 Å². The van der Waals surface area contributed by atoms with Crippen molar-refractivity contribution in [2.24, 2.45) is 0 Å². The molecule has 3 aromatic heterocycles. The number of ether oxygens (including phenoxy) is 1. The fraction of sp³-hybridized carbons (Fsp3) is 0.0816. The van der Waals surface area contributed by atoms with Crippen molar-refractivity contribution in [1.29, 1.82) is 0 Å². The number of benzene rings is 4. The third-order valence-corrected chi connectivity index (χ3v) is 10.3. The molecule has 8 bridgehead atoms. The molecule has 2 aliphatic heterocycles. The lowest BCUT2D eigenvalue weighted by Gasteiger charge is -2.09. The van der Waals surface area contributed by atoms with Gasteiger partial charge in [-0.25, -0.2) is 9.97 Å². The number of H-pyrrole nitrogens is 2. The molecule has 10 heteroatoms. The van der Waals surface area contributed by atoms with E-state index in [0.717, 1.165) is 66.6 Å². The van der Waals surface area contributed by atoms with Gasteiger partial charge < -0.3 is 35.1 Å². The number of carboxylic acids is 1. The molecule has 4 aromatic carbocycles. The Morgan fingerprint density at radius 2 is 0.864 bits per heavy atom. The molecule has 0 amide bonds. The fourth-order valence-electron chi connectivity index (χ4n) is 7.71. The maximum absolute atomic E-state index is 11.0. The molecule has 59 heavy (non-hydrogen) atoms. The molecule has 9 rings (SSSR count). The zero-order chi connectivity index (χ0) is 40.5. The Balaban J connectivity index is 1.37. The summed E-state index contributed by atoms with van der Waals surface area (Å²) in [6.07, 6.45) is 9.07. The van der Waals surface area contributed by atoms with Crippen LogP contribution in [0.1, 0.15) is 42.0 Å². The number of aromatic nitrogens is 4. The average Bonchev–Trinajstić information content (AvgIpc) is 4.06. The zero-order valence-corrected chi connectivity index (χ0v) is 31.7. The summed E-state index contributed by atoms with van der Waals surface area (Å²) in [6, 6.07) is 37.0. The van der Waals surface area contributed by atoms with E-state index in [-0.39, 0.29) is 23.7 Å². The average molecular weight is 779 g/mol. The van der Waals surface area contributed by atoms with Crippen LogP contribution in [-0.2, 0) is 4.79 Å². The summed E-state index contributed by atoms with van der Waals surface area (Å²) >= 11 is 0. The molecular formula is C49H38N4O6. The second kappa shape index (κ2) is 15.6.